The van der Waals surface area contributed by atoms with Crippen LogP contribution in [-0.4, -0.2) is 62.5 Å². The Bertz CT molecular complexity index is 132. The molecule has 10 heavy (non-hydrogen) atoms. The zero-order chi connectivity index (χ0) is 6.41. The van der Waals surface area contributed by atoms with E-state index in [-0.39, 0.29) is 63.8 Å². The summed E-state index contributed by atoms with van der Waals surface area (Å²) < 4.78 is 0. The van der Waals surface area contributed by atoms with E-state index < -0.39 is 5.97 Å². The molecule has 0 saturated carbocycles. The molecule has 0 aliphatic rings. The summed E-state index contributed by atoms with van der Waals surface area (Å²) >= 11 is 0. The number of halogens is 1. The fourth-order valence-corrected chi connectivity index (χ4v) is 0.249. The van der Waals surface area contributed by atoms with Gasteiger partial charge in [-0.25, -0.2) is 4.79 Å². The van der Waals surface area contributed by atoms with Crippen LogP contribution in [0, 0.1) is 0 Å². The second-order valence-electron chi connectivity index (χ2n) is 1.22. The SMILES string of the molecule is C/C=C/C=C/C(=O)O.Cl.[KH]. The molecule has 0 spiro atoms. The van der Waals surface area contributed by atoms with Crippen molar-refractivity contribution in [2.45, 2.75) is 6.92 Å². The molecule has 0 heterocycles. The first-order chi connectivity index (χ1) is 3.77. The van der Waals surface area contributed by atoms with Crippen molar-refractivity contribution in [3.05, 3.63) is 24.3 Å². The monoisotopic (exact) mass is 188 g/mol. The van der Waals surface area contributed by atoms with Crippen LogP contribution in [0.15, 0.2) is 24.3 Å². The Morgan fingerprint density at radius 3 is 2.20 bits per heavy atom. The van der Waals surface area contributed by atoms with Crippen LogP contribution in [0.5, 0.6) is 0 Å². The van der Waals surface area contributed by atoms with Gasteiger partial charge in [-0.05, 0) is 6.92 Å². The molecule has 54 valence electrons. The Kier molecular flexibility index (Phi) is 21.5. The van der Waals surface area contributed by atoms with E-state index in [1.165, 1.54) is 6.08 Å². The molecule has 0 atom stereocenters. The molecule has 0 saturated heterocycles. The van der Waals surface area contributed by atoms with Gasteiger partial charge >= 0.3 is 57.4 Å². The third-order valence-corrected chi connectivity index (χ3v) is 0.542. The summed E-state index contributed by atoms with van der Waals surface area (Å²) in [5.74, 6) is -0.914. The van der Waals surface area contributed by atoms with Crippen molar-refractivity contribution >= 4 is 69.8 Å². The van der Waals surface area contributed by atoms with Crippen molar-refractivity contribution in [2.75, 3.05) is 0 Å². The van der Waals surface area contributed by atoms with E-state index in [1.54, 1.807) is 12.2 Å². The molecular formula is C6H10ClKO2. The van der Waals surface area contributed by atoms with Crippen LogP contribution in [0.3, 0.4) is 0 Å². The van der Waals surface area contributed by atoms with Crippen molar-refractivity contribution in [3.8, 4) is 0 Å². The number of hydrogen-bond donors (Lipinski definition) is 1. The molecule has 0 fully saturated rings. The molecule has 0 rings (SSSR count). The van der Waals surface area contributed by atoms with Crippen molar-refractivity contribution < 1.29 is 9.90 Å². The van der Waals surface area contributed by atoms with Crippen molar-refractivity contribution in [3.63, 3.8) is 0 Å². The van der Waals surface area contributed by atoms with E-state index in [2.05, 4.69) is 0 Å². The third-order valence-electron chi connectivity index (χ3n) is 0.542. The summed E-state index contributed by atoms with van der Waals surface area (Å²) in [4.78, 5) is 9.75. The van der Waals surface area contributed by atoms with Crippen LogP contribution >= 0.6 is 12.4 Å². The van der Waals surface area contributed by atoms with Crippen molar-refractivity contribution in [1.29, 1.82) is 0 Å². The predicted molar refractivity (Wildman–Crippen MR) is 46.0 cm³/mol. The zero-order valence-electron chi connectivity index (χ0n) is 5.07. The van der Waals surface area contributed by atoms with Gasteiger partial charge in [-0.3, -0.25) is 0 Å². The molecule has 1 N–H and O–H groups in total. The second-order valence-corrected chi connectivity index (χ2v) is 1.22. The molecule has 4 heteroatoms. The van der Waals surface area contributed by atoms with Gasteiger partial charge in [0.2, 0.25) is 0 Å². The average molecular weight is 189 g/mol. The van der Waals surface area contributed by atoms with E-state index in [9.17, 15) is 4.79 Å². The van der Waals surface area contributed by atoms with Crippen molar-refractivity contribution in [2.24, 2.45) is 0 Å². The summed E-state index contributed by atoms with van der Waals surface area (Å²) in [6.07, 6.45) is 5.98. The summed E-state index contributed by atoms with van der Waals surface area (Å²) in [6.45, 7) is 1.83. The third kappa shape index (κ3) is 15.9. The van der Waals surface area contributed by atoms with Crippen LogP contribution in [0.25, 0.3) is 0 Å². The van der Waals surface area contributed by atoms with Crippen LogP contribution in [0.1, 0.15) is 6.92 Å². The van der Waals surface area contributed by atoms with E-state index in [1.807, 2.05) is 6.92 Å². The molecule has 0 unspecified atom stereocenters. The molecule has 0 aromatic heterocycles. The number of carbonyl (C=O) groups is 1. The van der Waals surface area contributed by atoms with Crippen LogP contribution in [0.2, 0.25) is 0 Å². The van der Waals surface area contributed by atoms with Gasteiger partial charge in [0.05, 0.1) is 0 Å². The molecule has 0 bridgehead atoms. The van der Waals surface area contributed by atoms with E-state index in [0.717, 1.165) is 6.08 Å². The molecule has 0 aliphatic heterocycles. The average Bonchev–Trinajstić information content (AvgIpc) is 1.66. The Balaban J connectivity index is -0.000000245. The zero-order valence-corrected chi connectivity index (χ0v) is 5.89. The summed E-state index contributed by atoms with van der Waals surface area (Å²) in [6, 6.07) is 0. The maximum absolute atomic E-state index is 9.75. The maximum atomic E-state index is 9.75. The number of carboxylic acid groups (broad SMARTS) is 1. The molecule has 0 aromatic rings. The predicted octanol–water partition coefficient (Wildman–Crippen LogP) is 0.977. The van der Waals surface area contributed by atoms with E-state index >= 15 is 0 Å². The van der Waals surface area contributed by atoms with Gasteiger partial charge in [0, 0.05) is 6.08 Å². The molecule has 0 radical (unpaired) electrons. The quantitative estimate of drug-likeness (QED) is 0.399. The van der Waals surface area contributed by atoms with Gasteiger partial charge in [-0.15, -0.1) is 12.4 Å². The van der Waals surface area contributed by atoms with Gasteiger partial charge in [-0.2, -0.15) is 0 Å². The Morgan fingerprint density at radius 2 is 1.90 bits per heavy atom. The van der Waals surface area contributed by atoms with Gasteiger partial charge < -0.3 is 5.11 Å². The standard InChI is InChI=1S/C6H8O2.ClH.K.H/c1-2-3-4-5-6(7)8;;;/h2-5H,1H3,(H,7,8);1H;;/b3-2+,5-4+;;;. The summed E-state index contributed by atoms with van der Waals surface area (Å²) in [5, 5.41) is 8.02. The fourth-order valence-electron chi connectivity index (χ4n) is 0.249. The minimum atomic E-state index is -0.914. The molecule has 0 aliphatic carbocycles. The first-order valence-corrected chi connectivity index (χ1v) is 2.29. The van der Waals surface area contributed by atoms with Crippen LogP contribution in [0.4, 0.5) is 0 Å². The Labute approximate surface area is 109 Å². The molecular weight excluding hydrogens is 179 g/mol. The number of rotatable bonds is 2. The number of carboxylic acids is 1. The molecule has 0 aromatic carbocycles. The first kappa shape index (κ1) is 17.1. The van der Waals surface area contributed by atoms with Gasteiger partial charge in [0.1, 0.15) is 0 Å². The van der Waals surface area contributed by atoms with E-state index in [0.29, 0.717) is 0 Å². The molecule has 2 nitrogen and oxygen atoms in total. The van der Waals surface area contributed by atoms with Crippen molar-refractivity contribution in [1.82, 2.24) is 0 Å². The summed E-state index contributed by atoms with van der Waals surface area (Å²) in [7, 11) is 0. The minimum absolute atomic E-state index is 0. The van der Waals surface area contributed by atoms with Gasteiger partial charge in [0.25, 0.3) is 0 Å². The number of allylic oxidation sites excluding steroid dienone is 3. The first-order valence-electron chi connectivity index (χ1n) is 2.29. The van der Waals surface area contributed by atoms with Gasteiger partial charge in [0.15, 0.2) is 0 Å². The van der Waals surface area contributed by atoms with Crippen LogP contribution in [-0.2, 0) is 4.79 Å². The van der Waals surface area contributed by atoms with E-state index in [4.69, 9.17) is 5.11 Å². The second kappa shape index (κ2) is 12.5. The number of aliphatic carboxylic acids is 1. The summed E-state index contributed by atoms with van der Waals surface area (Å²) in [5.41, 5.74) is 0. The van der Waals surface area contributed by atoms with Gasteiger partial charge in [-0.1, -0.05) is 18.2 Å². The number of hydrogen-bond acceptors (Lipinski definition) is 1. The van der Waals surface area contributed by atoms with Crippen LogP contribution < -0.4 is 0 Å². The Hall–Kier alpha value is 0.876. The Morgan fingerprint density at radius 1 is 1.40 bits per heavy atom. The topological polar surface area (TPSA) is 37.3 Å². The fraction of sp³-hybridized carbons (Fsp3) is 0.167. The normalized spacial score (nSPS) is 8.90. The molecule has 0 amide bonds.